The van der Waals surface area contributed by atoms with E-state index in [9.17, 15) is 8.42 Å². The first-order valence-electron chi connectivity index (χ1n) is 6.13. The lowest BCUT2D eigenvalue weighted by Crippen LogP contribution is -2.47. The first kappa shape index (κ1) is 14.5. The largest absolute Gasteiger partial charge is 0.468 e. The zero-order valence-electron chi connectivity index (χ0n) is 11.6. The summed E-state index contributed by atoms with van der Waals surface area (Å²) in [4.78, 5) is 5.36. The van der Waals surface area contributed by atoms with Crippen LogP contribution in [-0.2, 0) is 14.9 Å². The van der Waals surface area contributed by atoms with Crippen molar-refractivity contribution in [1.82, 2.24) is 9.79 Å². The van der Waals surface area contributed by atoms with Crippen molar-refractivity contribution in [2.75, 3.05) is 13.7 Å². The summed E-state index contributed by atoms with van der Waals surface area (Å²) in [5, 5.41) is 0.841. The molecule has 0 saturated carbocycles. The van der Waals surface area contributed by atoms with Crippen molar-refractivity contribution in [2.45, 2.75) is 37.6 Å². The summed E-state index contributed by atoms with van der Waals surface area (Å²) in [7, 11) is -1.79. The molecule has 0 aromatic carbocycles. The molecule has 0 radical (unpaired) electrons. The summed E-state index contributed by atoms with van der Waals surface area (Å²) in [5.74, 6) is 0.587. The van der Waals surface area contributed by atoms with Crippen molar-refractivity contribution < 1.29 is 17.7 Å². The number of hydrogen-bond donors (Lipinski definition) is 1. The Bertz CT molecular complexity index is 518. The average Bonchev–Trinajstić information content (AvgIpc) is 2.81. The minimum Gasteiger partial charge on any atom is -0.468 e. The smallest absolute Gasteiger partial charge is 0.219 e. The minimum atomic E-state index is -3.50. The fraction of sp³-hybridized carbons (Fsp3) is 0.667. The van der Waals surface area contributed by atoms with E-state index in [1.165, 1.54) is 11.3 Å². The summed E-state index contributed by atoms with van der Waals surface area (Å²) in [6.45, 7) is 5.55. The average molecular weight is 288 g/mol. The fourth-order valence-corrected chi connectivity index (χ4v) is 4.07. The molecule has 0 spiro atoms. The van der Waals surface area contributed by atoms with Gasteiger partial charge in [-0.2, -0.15) is 5.06 Å². The monoisotopic (exact) mass is 288 g/mol. The van der Waals surface area contributed by atoms with Crippen LogP contribution in [0.3, 0.4) is 0 Å². The topological polar surface area (TPSA) is 71.8 Å². The molecule has 2 rings (SSSR count). The first-order valence-corrected chi connectivity index (χ1v) is 7.67. The van der Waals surface area contributed by atoms with Crippen molar-refractivity contribution in [1.29, 1.82) is 0 Å². The highest BCUT2D eigenvalue weighted by atomic mass is 32.2. The number of nitrogens with zero attached hydrogens (tertiary/aromatic N) is 1. The number of hydroxylamine groups is 2. The van der Waals surface area contributed by atoms with Crippen LogP contribution >= 0.6 is 0 Å². The second kappa shape index (κ2) is 4.90. The maximum absolute atomic E-state index is 12.4. The Balaban J connectivity index is 2.29. The zero-order valence-corrected chi connectivity index (χ0v) is 12.4. The Labute approximate surface area is 113 Å². The van der Waals surface area contributed by atoms with Gasteiger partial charge in [0.2, 0.25) is 10.0 Å². The van der Waals surface area contributed by atoms with Gasteiger partial charge in [0.25, 0.3) is 0 Å². The number of sulfonamides is 1. The number of furan rings is 1. The van der Waals surface area contributed by atoms with Crippen LogP contribution < -0.4 is 4.72 Å². The van der Waals surface area contributed by atoms with Crippen LogP contribution in [-0.4, -0.2) is 37.9 Å². The van der Waals surface area contributed by atoms with Gasteiger partial charge in [-0.05, 0) is 32.9 Å². The molecule has 0 amide bonds. The Kier molecular flexibility index (Phi) is 3.74. The molecule has 2 atom stereocenters. The summed E-state index contributed by atoms with van der Waals surface area (Å²) in [6, 6.07) is 3.06. The molecule has 1 aromatic rings. The number of rotatable bonds is 3. The lowest BCUT2D eigenvalue weighted by molar-refractivity contribution is -0.113. The van der Waals surface area contributed by atoms with E-state index >= 15 is 0 Å². The molecule has 1 aliphatic heterocycles. The van der Waals surface area contributed by atoms with Gasteiger partial charge in [0.1, 0.15) is 17.1 Å². The van der Waals surface area contributed by atoms with Crippen molar-refractivity contribution in [3.8, 4) is 0 Å². The predicted molar refractivity (Wildman–Crippen MR) is 70.8 cm³/mol. The van der Waals surface area contributed by atoms with Gasteiger partial charge in [-0.15, -0.1) is 0 Å². The predicted octanol–water partition coefficient (Wildman–Crippen LogP) is 1.28. The third-order valence-electron chi connectivity index (χ3n) is 2.87. The minimum absolute atomic E-state index is 0.118. The molecule has 0 bridgehead atoms. The Hall–Kier alpha value is -0.890. The van der Waals surface area contributed by atoms with Crippen LogP contribution in [0.1, 0.15) is 32.6 Å². The van der Waals surface area contributed by atoms with E-state index in [4.69, 9.17) is 9.25 Å². The second-order valence-corrected chi connectivity index (χ2v) is 7.64. The lowest BCUT2D eigenvalue weighted by atomic mass is 10.1. The van der Waals surface area contributed by atoms with Gasteiger partial charge < -0.3 is 4.42 Å². The SMILES string of the molecule is CN1OCC(S(=O)(=O)NC(C)(C)C)C1c1ccco1. The molecular formula is C12H20N2O4S. The molecule has 1 aromatic heterocycles. The Morgan fingerprint density at radius 3 is 2.63 bits per heavy atom. The van der Waals surface area contributed by atoms with Crippen LogP contribution in [0, 0.1) is 0 Å². The van der Waals surface area contributed by atoms with Crippen LogP contribution in [0.2, 0.25) is 0 Å². The van der Waals surface area contributed by atoms with E-state index in [-0.39, 0.29) is 6.61 Å². The normalized spacial score (nSPS) is 25.9. The van der Waals surface area contributed by atoms with E-state index in [0.29, 0.717) is 5.76 Å². The van der Waals surface area contributed by atoms with Gasteiger partial charge >= 0.3 is 0 Å². The molecule has 108 valence electrons. The van der Waals surface area contributed by atoms with E-state index in [1.807, 2.05) is 20.8 Å². The third kappa shape index (κ3) is 3.17. The Morgan fingerprint density at radius 2 is 2.11 bits per heavy atom. The van der Waals surface area contributed by atoms with E-state index in [2.05, 4.69) is 4.72 Å². The number of nitrogens with one attached hydrogen (secondary N) is 1. The van der Waals surface area contributed by atoms with Gasteiger partial charge in [0, 0.05) is 12.6 Å². The molecule has 2 unspecified atom stereocenters. The molecule has 1 aliphatic rings. The quantitative estimate of drug-likeness (QED) is 0.907. The summed E-state index contributed by atoms with van der Waals surface area (Å²) >= 11 is 0. The highest BCUT2D eigenvalue weighted by molar-refractivity contribution is 7.90. The van der Waals surface area contributed by atoms with Gasteiger partial charge in [-0.3, -0.25) is 4.84 Å². The first-order chi connectivity index (χ1) is 8.71. The molecule has 1 saturated heterocycles. The third-order valence-corrected chi connectivity index (χ3v) is 4.96. The summed E-state index contributed by atoms with van der Waals surface area (Å²) in [5.41, 5.74) is -0.520. The molecule has 1 N–H and O–H groups in total. The molecular weight excluding hydrogens is 268 g/mol. The zero-order chi connectivity index (χ0) is 14.3. The van der Waals surface area contributed by atoms with Crippen molar-refractivity contribution in [2.24, 2.45) is 0 Å². The van der Waals surface area contributed by atoms with Crippen LogP contribution in [0.15, 0.2) is 22.8 Å². The maximum Gasteiger partial charge on any atom is 0.219 e. The van der Waals surface area contributed by atoms with Gasteiger partial charge in [0.15, 0.2) is 0 Å². The lowest BCUT2D eigenvalue weighted by Gasteiger charge is -2.25. The van der Waals surface area contributed by atoms with Crippen LogP contribution in [0.25, 0.3) is 0 Å². The van der Waals surface area contributed by atoms with E-state index in [0.717, 1.165) is 0 Å². The molecule has 7 heteroatoms. The van der Waals surface area contributed by atoms with E-state index in [1.54, 1.807) is 19.2 Å². The molecule has 19 heavy (non-hydrogen) atoms. The Morgan fingerprint density at radius 1 is 1.42 bits per heavy atom. The van der Waals surface area contributed by atoms with Crippen LogP contribution in [0.4, 0.5) is 0 Å². The van der Waals surface area contributed by atoms with Crippen molar-refractivity contribution >= 4 is 10.0 Å². The fourth-order valence-electron chi connectivity index (χ4n) is 2.18. The standard InChI is InChI=1S/C12H20N2O4S/c1-12(2,3)13-19(15,16)10-8-18-14(4)11(10)9-6-5-7-17-9/h5-7,10-11,13H,8H2,1-4H3. The van der Waals surface area contributed by atoms with Crippen LogP contribution in [0.5, 0.6) is 0 Å². The molecule has 6 nitrogen and oxygen atoms in total. The van der Waals surface area contributed by atoms with Gasteiger partial charge in [-0.1, -0.05) is 0 Å². The highest BCUT2D eigenvalue weighted by Crippen LogP contribution is 2.33. The van der Waals surface area contributed by atoms with Gasteiger partial charge in [-0.25, -0.2) is 13.1 Å². The molecule has 0 aliphatic carbocycles. The van der Waals surface area contributed by atoms with E-state index < -0.39 is 26.9 Å². The summed E-state index contributed by atoms with van der Waals surface area (Å²) in [6.07, 6.45) is 1.53. The van der Waals surface area contributed by atoms with Crippen molar-refractivity contribution in [3.63, 3.8) is 0 Å². The van der Waals surface area contributed by atoms with Gasteiger partial charge in [0.05, 0.1) is 12.9 Å². The number of hydrogen-bond acceptors (Lipinski definition) is 5. The second-order valence-electron chi connectivity index (χ2n) is 5.74. The molecule has 1 fully saturated rings. The maximum atomic E-state index is 12.4. The molecule has 2 heterocycles. The summed E-state index contributed by atoms with van der Waals surface area (Å²) < 4.78 is 32.9. The highest BCUT2D eigenvalue weighted by Gasteiger charge is 2.45. The van der Waals surface area contributed by atoms with Crippen molar-refractivity contribution in [3.05, 3.63) is 24.2 Å².